The summed E-state index contributed by atoms with van der Waals surface area (Å²) >= 11 is 4.63. The van der Waals surface area contributed by atoms with Gasteiger partial charge in [-0.15, -0.1) is 11.3 Å². The predicted molar refractivity (Wildman–Crippen MR) is 59.2 cm³/mol. The van der Waals surface area contributed by atoms with E-state index in [9.17, 15) is 4.39 Å². The fourth-order valence-electron chi connectivity index (χ4n) is 1.38. The predicted octanol–water partition coefficient (Wildman–Crippen LogP) is 4.24. The molecule has 0 spiro atoms. The highest BCUT2D eigenvalue weighted by Gasteiger charge is 2.09. The molecule has 0 aliphatic carbocycles. The van der Waals surface area contributed by atoms with Gasteiger partial charge < -0.3 is 0 Å². The molecule has 0 bridgehead atoms. The molecule has 0 saturated carbocycles. The number of halogens is 2. The lowest BCUT2D eigenvalue weighted by Gasteiger charge is -1.96. The van der Waals surface area contributed by atoms with Crippen molar-refractivity contribution in [2.75, 3.05) is 0 Å². The van der Waals surface area contributed by atoms with E-state index in [0.29, 0.717) is 0 Å². The molecule has 0 amide bonds. The minimum atomic E-state index is -0.0663. The standard InChI is InChI=1S/C10H8BrFS/c1-6-8-4-2-3-7(5-11)9(8)13-10(6)12/h2-4H,5H2,1H3. The molecule has 0 nitrogen and oxygen atoms in total. The third-order valence-electron chi connectivity index (χ3n) is 2.13. The summed E-state index contributed by atoms with van der Waals surface area (Å²) in [6, 6.07) is 5.96. The van der Waals surface area contributed by atoms with Gasteiger partial charge in [0.2, 0.25) is 0 Å². The third-order valence-corrected chi connectivity index (χ3v) is 3.91. The van der Waals surface area contributed by atoms with Crippen molar-refractivity contribution in [3.63, 3.8) is 0 Å². The molecule has 3 heteroatoms. The van der Waals surface area contributed by atoms with Crippen LogP contribution in [0.1, 0.15) is 11.1 Å². The summed E-state index contributed by atoms with van der Waals surface area (Å²) in [5.41, 5.74) is 1.93. The Kier molecular flexibility index (Phi) is 2.39. The summed E-state index contributed by atoms with van der Waals surface area (Å²) in [5, 5.41) is 1.76. The van der Waals surface area contributed by atoms with Gasteiger partial charge in [-0.1, -0.05) is 34.1 Å². The minimum absolute atomic E-state index is 0.0663. The van der Waals surface area contributed by atoms with Crippen LogP contribution < -0.4 is 0 Å². The maximum absolute atomic E-state index is 13.3. The Morgan fingerprint density at radius 3 is 2.92 bits per heavy atom. The number of aryl methyl sites for hydroxylation is 1. The van der Waals surface area contributed by atoms with Crippen LogP contribution in [0.4, 0.5) is 4.39 Å². The van der Waals surface area contributed by atoms with E-state index in [0.717, 1.165) is 26.5 Å². The van der Waals surface area contributed by atoms with E-state index in [1.807, 2.05) is 25.1 Å². The average Bonchev–Trinajstić information content (AvgIpc) is 2.43. The summed E-state index contributed by atoms with van der Waals surface area (Å²) in [7, 11) is 0. The van der Waals surface area contributed by atoms with Crippen LogP contribution >= 0.6 is 27.3 Å². The Balaban J connectivity index is 2.84. The monoisotopic (exact) mass is 258 g/mol. The normalized spacial score (nSPS) is 11.0. The van der Waals surface area contributed by atoms with Gasteiger partial charge in [-0.3, -0.25) is 0 Å². The zero-order valence-corrected chi connectivity index (χ0v) is 9.51. The summed E-state index contributed by atoms with van der Waals surface area (Å²) in [6.07, 6.45) is 0. The van der Waals surface area contributed by atoms with Gasteiger partial charge in [0.1, 0.15) is 0 Å². The van der Waals surface area contributed by atoms with Crippen molar-refractivity contribution in [1.82, 2.24) is 0 Å². The van der Waals surface area contributed by atoms with Crippen LogP contribution in [0.3, 0.4) is 0 Å². The first-order valence-electron chi connectivity index (χ1n) is 3.96. The zero-order valence-electron chi connectivity index (χ0n) is 7.10. The lowest BCUT2D eigenvalue weighted by atomic mass is 10.1. The van der Waals surface area contributed by atoms with Crippen LogP contribution in [0.5, 0.6) is 0 Å². The van der Waals surface area contributed by atoms with Crippen molar-refractivity contribution in [3.8, 4) is 0 Å². The molecule has 0 atom stereocenters. The lowest BCUT2D eigenvalue weighted by molar-refractivity contribution is 0.650. The molecular formula is C10H8BrFS. The number of hydrogen-bond donors (Lipinski definition) is 0. The summed E-state index contributed by atoms with van der Waals surface area (Å²) < 4.78 is 14.3. The van der Waals surface area contributed by atoms with E-state index in [1.165, 1.54) is 11.3 Å². The number of rotatable bonds is 1. The molecule has 0 saturated heterocycles. The van der Waals surface area contributed by atoms with Crippen LogP contribution in [-0.2, 0) is 5.33 Å². The molecule has 0 N–H and O–H groups in total. The van der Waals surface area contributed by atoms with Gasteiger partial charge in [-0.2, -0.15) is 4.39 Å². The molecule has 0 radical (unpaired) electrons. The summed E-state index contributed by atoms with van der Waals surface area (Å²) in [4.78, 5) is 0. The second kappa shape index (κ2) is 3.39. The van der Waals surface area contributed by atoms with Gasteiger partial charge in [-0.05, 0) is 17.9 Å². The lowest BCUT2D eigenvalue weighted by Crippen LogP contribution is -1.76. The third kappa shape index (κ3) is 1.40. The fourth-order valence-corrected chi connectivity index (χ4v) is 3.08. The highest BCUT2D eigenvalue weighted by atomic mass is 79.9. The SMILES string of the molecule is Cc1c(F)sc2c(CBr)cccc12. The molecule has 0 aliphatic heterocycles. The largest absolute Gasteiger partial charge is 0.195 e. The number of benzene rings is 1. The fraction of sp³-hybridized carbons (Fsp3) is 0.200. The van der Waals surface area contributed by atoms with Crippen LogP contribution in [0, 0.1) is 12.1 Å². The second-order valence-corrected chi connectivity index (χ2v) is 4.46. The number of hydrogen-bond acceptors (Lipinski definition) is 1. The van der Waals surface area contributed by atoms with Crippen LogP contribution in [0.15, 0.2) is 18.2 Å². The molecule has 0 aliphatic rings. The molecular weight excluding hydrogens is 251 g/mol. The molecule has 2 aromatic rings. The van der Waals surface area contributed by atoms with E-state index in [-0.39, 0.29) is 5.13 Å². The Bertz CT molecular complexity index is 447. The van der Waals surface area contributed by atoms with Crippen LogP contribution in [0.25, 0.3) is 10.1 Å². The van der Waals surface area contributed by atoms with Gasteiger partial charge in [0, 0.05) is 15.6 Å². The highest BCUT2D eigenvalue weighted by molar-refractivity contribution is 9.08. The van der Waals surface area contributed by atoms with E-state index < -0.39 is 0 Å². The first-order chi connectivity index (χ1) is 6.24. The maximum Gasteiger partial charge on any atom is 0.180 e. The highest BCUT2D eigenvalue weighted by Crippen LogP contribution is 2.32. The number of alkyl halides is 1. The van der Waals surface area contributed by atoms with Gasteiger partial charge >= 0.3 is 0 Å². The molecule has 68 valence electrons. The van der Waals surface area contributed by atoms with Crippen molar-refractivity contribution in [3.05, 3.63) is 34.5 Å². The van der Waals surface area contributed by atoms with Gasteiger partial charge in [-0.25, -0.2) is 0 Å². The van der Waals surface area contributed by atoms with Gasteiger partial charge in [0.25, 0.3) is 0 Å². The van der Waals surface area contributed by atoms with Crippen molar-refractivity contribution >= 4 is 37.4 Å². The van der Waals surface area contributed by atoms with E-state index in [4.69, 9.17) is 0 Å². The average molecular weight is 259 g/mol. The van der Waals surface area contributed by atoms with E-state index in [2.05, 4.69) is 15.9 Å². The molecule has 1 aromatic carbocycles. The Hall–Kier alpha value is -0.410. The van der Waals surface area contributed by atoms with Crippen molar-refractivity contribution in [1.29, 1.82) is 0 Å². The second-order valence-electron chi connectivity index (χ2n) is 2.93. The van der Waals surface area contributed by atoms with Crippen molar-refractivity contribution in [2.24, 2.45) is 0 Å². The minimum Gasteiger partial charge on any atom is -0.195 e. The smallest absolute Gasteiger partial charge is 0.180 e. The number of thiophene rings is 1. The Morgan fingerprint density at radius 1 is 1.46 bits per heavy atom. The van der Waals surface area contributed by atoms with E-state index in [1.54, 1.807) is 0 Å². The van der Waals surface area contributed by atoms with Crippen LogP contribution in [0.2, 0.25) is 0 Å². The summed E-state index contributed by atoms with van der Waals surface area (Å²) in [6.45, 7) is 1.83. The number of fused-ring (bicyclic) bond motifs is 1. The van der Waals surface area contributed by atoms with Gasteiger partial charge in [0.15, 0.2) is 5.13 Å². The molecule has 2 rings (SSSR count). The molecule has 0 fully saturated rings. The molecule has 13 heavy (non-hydrogen) atoms. The molecule has 1 aromatic heterocycles. The molecule has 1 heterocycles. The zero-order chi connectivity index (χ0) is 9.42. The quantitative estimate of drug-likeness (QED) is 0.672. The Morgan fingerprint density at radius 2 is 2.23 bits per heavy atom. The van der Waals surface area contributed by atoms with Crippen molar-refractivity contribution in [2.45, 2.75) is 12.3 Å². The maximum atomic E-state index is 13.3. The first-order valence-corrected chi connectivity index (χ1v) is 5.90. The van der Waals surface area contributed by atoms with Crippen LogP contribution in [-0.4, -0.2) is 0 Å². The topological polar surface area (TPSA) is 0 Å². The summed E-state index contributed by atoms with van der Waals surface area (Å²) in [5.74, 6) is 0. The first kappa shape index (κ1) is 9.16. The van der Waals surface area contributed by atoms with Crippen molar-refractivity contribution < 1.29 is 4.39 Å². The van der Waals surface area contributed by atoms with Gasteiger partial charge in [0.05, 0.1) is 0 Å². The van der Waals surface area contributed by atoms with E-state index >= 15 is 0 Å². The molecule has 0 unspecified atom stereocenters. The Labute approximate surface area is 88.5 Å².